The Bertz CT molecular complexity index is 705. The lowest BCUT2D eigenvalue weighted by Crippen LogP contribution is -2.40. The lowest BCUT2D eigenvalue weighted by atomic mass is 9.99. The number of rotatable bonds is 0. The van der Waals surface area contributed by atoms with Crippen molar-refractivity contribution >= 4 is 33.1 Å². The standard InChI is InChI=1S/C14H17BrN4O2/c1-14(2,3)21-13(20)19-5-4-9-8(7-19)6-16-12-10(9)11(15)17-18-12/h6H,4-5,7H2,1-3H3,(H,16,17,18). The Morgan fingerprint density at radius 1 is 1.48 bits per heavy atom. The molecule has 0 aliphatic carbocycles. The van der Waals surface area contributed by atoms with Gasteiger partial charge in [-0.1, -0.05) is 0 Å². The van der Waals surface area contributed by atoms with E-state index in [4.69, 9.17) is 4.74 Å². The molecule has 1 aliphatic heterocycles. The predicted octanol–water partition coefficient (Wildman–Crippen LogP) is 3.01. The summed E-state index contributed by atoms with van der Waals surface area (Å²) in [6, 6.07) is 0. The van der Waals surface area contributed by atoms with E-state index >= 15 is 0 Å². The maximum Gasteiger partial charge on any atom is 0.410 e. The molecule has 0 saturated heterocycles. The number of nitrogens with one attached hydrogen (secondary N) is 1. The number of pyridine rings is 1. The van der Waals surface area contributed by atoms with Gasteiger partial charge in [0.05, 0.1) is 11.9 Å². The molecule has 0 saturated carbocycles. The van der Waals surface area contributed by atoms with Crippen LogP contribution in [0.5, 0.6) is 0 Å². The van der Waals surface area contributed by atoms with Crippen molar-refractivity contribution in [3.63, 3.8) is 0 Å². The number of halogens is 1. The first-order chi connectivity index (χ1) is 9.85. The Balaban J connectivity index is 1.88. The second kappa shape index (κ2) is 4.98. The van der Waals surface area contributed by atoms with Crippen LogP contribution in [0.2, 0.25) is 0 Å². The van der Waals surface area contributed by atoms with Crippen LogP contribution in [-0.4, -0.2) is 38.3 Å². The Morgan fingerprint density at radius 2 is 2.24 bits per heavy atom. The zero-order valence-electron chi connectivity index (χ0n) is 12.2. The van der Waals surface area contributed by atoms with Crippen LogP contribution in [0.4, 0.5) is 4.79 Å². The predicted molar refractivity (Wildman–Crippen MR) is 81.9 cm³/mol. The van der Waals surface area contributed by atoms with Crippen molar-refractivity contribution in [1.29, 1.82) is 0 Å². The van der Waals surface area contributed by atoms with E-state index in [1.807, 2.05) is 20.8 Å². The van der Waals surface area contributed by atoms with E-state index in [0.717, 1.165) is 22.0 Å². The van der Waals surface area contributed by atoms with Crippen molar-refractivity contribution in [2.45, 2.75) is 39.3 Å². The number of carbonyl (C=O) groups excluding carboxylic acids is 1. The molecule has 0 atom stereocenters. The number of hydrogen-bond acceptors (Lipinski definition) is 4. The summed E-state index contributed by atoms with van der Waals surface area (Å²) in [7, 11) is 0. The van der Waals surface area contributed by atoms with E-state index in [-0.39, 0.29) is 6.09 Å². The van der Waals surface area contributed by atoms with Gasteiger partial charge in [-0.05, 0) is 54.2 Å². The van der Waals surface area contributed by atoms with Gasteiger partial charge in [-0.25, -0.2) is 9.78 Å². The van der Waals surface area contributed by atoms with Crippen LogP contribution < -0.4 is 0 Å². The third-order valence-electron chi connectivity index (χ3n) is 3.38. The maximum absolute atomic E-state index is 12.2. The highest BCUT2D eigenvalue weighted by molar-refractivity contribution is 9.10. The number of ether oxygens (including phenoxy) is 1. The molecule has 1 N–H and O–H groups in total. The highest BCUT2D eigenvalue weighted by Crippen LogP contribution is 2.30. The van der Waals surface area contributed by atoms with Crippen molar-refractivity contribution < 1.29 is 9.53 Å². The number of amides is 1. The van der Waals surface area contributed by atoms with Crippen LogP contribution in [0.3, 0.4) is 0 Å². The Morgan fingerprint density at radius 3 is 2.95 bits per heavy atom. The summed E-state index contributed by atoms with van der Waals surface area (Å²) < 4.78 is 6.27. The molecule has 112 valence electrons. The topological polar surface area (TPSA) is 71.1 Å². The molecule has 3 rings (SSSR count). The largest absolute Gasteiger partial charge is 0.444 e. The summed E-state index contributed by atoms with van der Waals surface area (Å²) in [4.78, 5) is 18.2. The van der Waals surface area contributed by atoms with Gasteiger partial charge in [0, 0.05) is 12.7 Å². The fourth-order valence-electron chi connectivity index (χ4n) is 2.49. The van der Waals surface area contributed by atoms with Crippen LogP contribution >= 0.6 is 15.9 Å². The Kier molecular flexibility index (Phi) is 3.39. The molecule has 6 nitrogen and oxygen atoms in total. The SMILES string of the molecule is CC(C)(C)OC(=O)N1CCc2c(cnc3n[nH]c(Br)c23)C1. The molecule has 0 fully saturated rings. The van der Waals surface area contributed by atoms with Gasteiger partial charge in [-0.15, -0.1) is 0 Å². The van der Waals surface area contributed by atoms with Gasteiger partial charge in [-0.2, -0.15) is 5.10 Å². The number of carbonyl (C=O) groups is 1. The molecule has 3 heterocycles. The third kappa shape index (κ3) is 2.74. The quantitative estimate of drug-likeness (QED) is 0.790. The van der Waals surface area contributed by atoms with Crippen molar-refractivity contribution in [3.05, 3.63) is 21.9 Å². The van der Waals surface area contributed by atoms with Crippen LogP contribution in [0.25, 0.3) is 11.0 Å². The molecule has 0 radical (unpaired) electrons. The minimum atomic E-state index is -0.479. The number of H-pyrrole nitrogens is 1. The number of nitrogens with zero attached hydrogens (tertiary/aromatic N) is 3. The molecule has 21 heavy (non-hydrogen) atoms. The number of aromatic amines is 1. The molecule has 1 amide bonds. The molecule has 2 aromatic rings. The van der Waals surface area contributed by atoms with Gasteiger partial charge < -0.3 is 9.64 Å². The van der Waals surface area contributed by atoms with E-state index in [1.165, 1.54) is 5.56 Å². The van der Waals surface area contributed by atoms with Crippen LogP contribution in [0.15, 0.2) is 10.8 Å². The van der Waals surface area contributed by atoms with Crippen LogP contribution in [0.1, 0.15) is 31.9 Å². The summed E-state index contributed by atoms with van der Waals surface area (Å²) >= 11 is 3.47. The lowest BCUT2D eigenvalue weighted by Gasteiger charge is -2.31. The Hall–Kier alpha value is -1.63. The van der Waals surface area contributed by atoms with E-state index in [0.29, 0.717) is 18.7 Å². The molecule has 2 aromatic heterocycles. The molecular formula is C14H17BrN4O2. The summed E-state index contributed by atoms with van der Waals surface area (Å²) in [5.41, 5.74) is 2.46. The van der Waals surface area contributed by atoms with Crippen molar-refractivity contribution in [3.8, 4) is 0 Å². The fraction of sp³-hybridized carbons (Fsp3) is 0.500. The first kappa shape index (κ1) is 14.3. The van der Waals surface area contributed by atoms with Gasteiger partial charge >= 0.3 is 6.09 Å². The number of hydrogen-bond donors (Lipinski definition) is 1. The van der Waals surface area contributed by atoms with Gasteiger partial charge in [0.2, 0.25) is 0 Å². The van der Waals surface area contributed by atoms with E-state index in [1.54, 1.807) is 11.1 Å². The lowest BCUT2D eigenvalue weighted by molar-refractivity contribution is 0.0224. The van der Waals surface area contributed by atoms with Gasteiger partial charge in [0.25, 0.3) is 0 Å². The Labute approximate surface area is 131 Å². The monoisotopic (exact) mass is 352 g/mol. The molecule has 0 aromatic carbocycles. The van der Waals surface area contributed by atoms with Crippen LogP contribution in [-0.2, 0) is 17.7 Å². The maximum atomic E-state index is 12.2. The minimum absolute atomic E-state index is 0.278. The van der Waals surface area contributed by atoms with Gasteiger partial charge in [-0.3, -0.25) is 5.10 Å². The highest BCUT2D eigenvalue weighted by atomic mass is 79.9. The fourth-order valence-corrected chi connectivity index (χ4v) is 2.99. The summed E-state index contributed by atoms with van der Waals surface area (Å²) in [5.74, 6) is 0. The molecular weight excluding hydrogens is 336 g/mol. The average Bonchev–Trinajstić information content (AvgIpc) is 2.78. The number of fused-ring (bicyclic) bond motifs is 3. The van der Waals surface area contributed by atoms with Crippen molar-refractivity contribution in [2.75, 3.05) is 6.54 Å². The molecule has 7 heteroatoms. The van der Waals surface area contributed by atoms with Gasteiger partial charge in [0.15, 0.2) is 5.65 Å². The smallest absolute Gasteiger partial charge is 0.410 e. The average molecular weight is 353 g/mol. The second-order valence-corrected chi connectivity index (χ2v) is 6.94. The molecule has 0 spiro atoms. The summed E-state index contributed by atoms with van der Waals surface area (Å²) in [5, 5.41) is 8.04. The number of aromatic nitrogens is 3. The molecule has 1 aliphatic rings. The van der Waals surface area contributed by atoms with E-state index in [2.05, 4.69) is 31.1 Å². The van der Waals surface area contributed by atoms with Crippen molar-refractivity contribution in [2.24, 2.45) is 0 Å². The first-order valence-corrected chi connectivity index (χ1v) is 7.63. The summed E-state index contributed by atoms with van der Waals surface area (Å²) in [6.07, 6.45) is 2.28. The van der Waals surface area contributed by atoms with E-state index in [9.17, 15) is 4.79 Å². The first-order valence-electron chi connectivity index (χ1n) is 6.83. The minimum Gasteiger partial charge on any atom is -0.444 e. The van der Waals surface area contributed by atoms with Gasteiger partial charge in [0.1, 0.15) is 10.2 Å². The normalized spacial score (nSPS) is 15.1. The van der Waals surface area contributed by atoms with Crippen molar-refractivity contribution in [1.82, 2.24) is 20.1 Å². The van der Waals surface area contributed by atoms with Crippen LogP contribution in [0, 0.1) is 0 Å². The molecule has 0 bridgehead atoms. The zero-order valence-corrected chi connectivity index (χ0v) is 13.8. The summed E-state index contributed by atoms with van der Waals surface area (Å²) in [6.45, 7) is 6.77. The molecule has 0 unspecified atom stereocenters. The second-order valence-electron chi connectivity index (χ2n) is 6.15. The zero-order chi connectivity index (χ0) is 15.2. The third-order valence-corrected chi connectivity index (χ3v) is 3.95. The highest BCUT2D eigenvalue weighted by Gasteiger charge is 2.27. The van der Waals surface area contributed by atoms with E-state index < -0.39 is 5.60 Å².